The molecule has 4 heteroatoms. The lowest BCUT2D eigenvalue weighted by Gasteiger charge is -2.20. The molecule has 0 fully saturated rings. The van der Waals surface area contributed by atoms with Crippen molar-refractivity contribution >= 4 is 11.6 Å². The van der Waals surface area contributed by atoms with Crippen LogP contribution in [-0.2, 0) is 6.54 Å². The smallest absolute Gasteiger partial charge is 0.0946 e. The number of hydrogen-bond acceptors (Lipinski definition) is 2. The van der Waals surface area contributed by atoms with Gasteiger partial charge in [0.15, 0.2) is 0 Å². The van der Waals surface area contributed by atoms with Gasteiger partial charge in [0.2, 0.25) is 0 Å². The highest BCUT2D eigenvalue weighted by molar-refractivity contribution is 6.30. The van der Waals surface area contributed by atoms with Crippen LogP contribution in [0, 0.1) is 0 Å². The van der Waals surface area contributed by atoms with Crippen LogP contribution in [-0.4, -0.2) is 15.6 Å². The lowest BCUT2D eigenvalue weighted by molar-refractivity contribution is 0.430. The molecule has 0 radical (unpaired) electrons. The summed E-state index contributed by atoms with van der Waals surface area (Å²) in [6.45, 7) is 5.22. The number of rotatable bonds is 5. The largest absolute Gasteiger partial charge is 0.336 e. The molecular weight excluding hydrogens is 246 g/mol. The number of nitrogens with zero attached hydrogens (tertiary/aromatic N) is 2. The highest BCUT2D eigenvalue weighted by atomic mass is 35.5. The van der Waals surface area contributed by atoms with E-state index in [0.717, 1.165) is 11.6 Å². The molecule has 18 heavy (non-hydrogen) atoms. The molecule has 2 atom stereocenters. The molecule has 1 aromatic carbocycles. The van der Waals surface area contributed by atoms with Gasteiger partial charge in [0.05, 0.1) is 6.33 Å². The van der Waals surface area contributed by atoms with E-state index in [1.54, 1.807) is 6.20 Å². The number of halogens is 1. The fourth-order valence-corrected chi connectivity index (χ4v) is 2.26. The van der Waals surface area contributed by atoms with E-state index in [2.05, 4.69) is 34.8 Å². The van der Waals surface area contributed by atoms with Crippen molar-refractivity contribution in [1.29, 1.82) is 0 Å². The second-order valence-corrected chi connectivity index (χ2v) is 5.04. The van der Waals surface area contributed by atoms with Gasteiger partial charge in [-0.1, -0.05) is 23.7 Å². The van der Waals surface area contributed by atoms with E-state index in [0.29, 0.717) is 6.04 Å². The van der Waals surface area contributed by atoms with Gasteiger partial charge in [-0.2, -0.15) is 0 Å². The van der Waals surface area contributed by atoms with Gasteiger partial charge in [0, 0.05) is 36.0 Å². The first-order valence-corrected chi connectivity index (χ1v) is 6.50. The average Bonchev–Trinajstić information content (AvgIpc) is 2.81. The zero-order chi connectivity index (χ0) is 13.0. The predicted molar refractivity (Wildman–Crippen MR) is 74.7 cm³/mol. The second-order valence-electron chi connectivity index (χ2n) is 4.60. The van der Waals surface area contributed by atoms with Crippen molar-refractivity contribution in [2.45, 2.75) is 32.5 Å². The molecule has 2 rings (SSSR count). The minimum Gasteiger partial charge on any atom is -0.336 e. The number of imidazole rings is 1. The van der Waals surface area contributed by atoms with Crippen molar-refractivity contribution < 1.29 is 0 Å². The van der Waals surface area contributed by atoms with Gasteiger partial charge in [0.1, 0.15) is 0 Å². The van der Waals surface area contributed by atoms with Crippen LogP contribution in [0.15, 0.2) is 43.0 Å². The molecule has 1 N–H and O–H groups in total. The van der Waals surface area contributed by atoms with Gasteiger partial charge in [-0.25, -0.2) is 4.98 Å². The van der Waals surface area contributed by atoms with Crippen LogP contribution in [0.5, 0.6) is 0 Å². The Hall–Kier alpha value is -1.32. The van der Waals surface area contributed by atoms with Gasteiger partial charge >= 0.3 is 0 Å². The standard InChI is InChI=1S/C14H18ClN3/c1-11(9-18-7-6-16-10-18)17-12(2)13-4-3-5-14(15)8-13/h3-8,10-12,17H,9H2,1-2H3. The fraction of sp³-hybridized carbons (Fsp3) is 0.357. The molecule has 0 aliphatic rings. The van der Waals surface area contributed by atoms with Crippen molar-refractivity contribution in [2.24, 2.45) is 0 Å². The zero-order valence-corrected chi connectivity index (χ0v) is 11.4. The van der Waals surface area contributed by atoms with E-state index in [1.165, 1.54) is 5.56 Å². The van der Waals surface area contributed by atoms with E-state index in [-0.39, 0.29) is 6.04 Å². The molecule has 0 aliphatic heterocycles. The maximum atomic E-state index is 6.00. The molecule has 0 saturated heterocycles. The van der Waals surface area contributed by atoms with Crippen molar-refractivity contribution in [3.05, 3.63) is 53.6 Å². The molecule has 0 amide bonds. The molecule has 1 heterocycles. The minimum absolute atomic E-state index is 0.280. The predicted octanol–water partition coefficient (Wildman–Crippen LogP) is 3.28. The molecule has 0 spiro atoms. The molecule has 96 valence electrons. The summed E-state index contributed by atoms with van der Waals surface area (Å²) in [4.78, 5) is 4.04. The maximum Gasteiger partial charge on any atom is 0.0946 e. The lowest BCUT2D eigenvalue weighted by atomic mass is 10.1. The van der Waals surface area contributed by atoms with Crippen LogP contribution in [0.2, 0.25) is 5.02 Å². The first-order chi connectivity index (χ1) is 8.65. The number of hydrogen-bond donors (Lipinski definition) is 1. The van der Waals surface area contributed by atoms with Crippen LogP contribution >= 0.6 is 11.6 Å². The SMILES string of the molecule is CC(Cn1ccnc1)NC(C)c1cccc(Cl)c1. The van der Waals surface area contributed by atoms with Crippen LogP contribution in [0.25, 0.3) is 0 Å². The summed E-state index contributed by atoms with van der Waals surface area (Å²) in [6.07, 6.45) is 5.61. The maximum absolute atomic E-state index is 6.00. The number of aromatic nitrogens is 2. The van der Waals surface area contributed by atoms with Crippen molar-refractivity contribution in [3.63, 3.8) is 0 Å². The van der Waals surface area contributed by atoms with Crippen LogP contribution < -0.4 is 5.32 Å². The fourth-order valence-electron chi connectivity index (χ4n) is 2.06. The zero-order valence-electron chi connectivity index (χ0n) is 10.7. The van der Waals surface area contributed by atoms with Gasteiger partial charge < -0.3 is 9.88 Å². The molecule has 2 aromatic rings. The van der Waals surface area contributed by atoms with Crippen molar-refractivity contribution in [1.82, 2.24) is 14.9 Å². The van der Waals surface area contributed by atoms with E-state index in [9.17, 15) is 0 Å². The molecule has 0 aliphatic carbocycles. The van der Waals surface area contributed by atoms with E-state index in [4.69, 9.17) is 11.6 Å². The first kappa shape index (κ1) is 13.1. The summed E-state index contributed by atoms with van der Waals surface area (Å²) in [5, 5.41) is 4.34. The highest BCUT2D eigenvalue weighted by Crippen LogP contribution is 2.17. The van der Waals surface area contributed by atoms with E-state index >= 15 is 0 Å². The summed E-state index contributed by atoms with van der Waals surface area (Å²) >= 11 is 6.00. The Bertz CT molecular complexity index is 482. The number of benzene rings is 1. The third-order valence-electron chi connectivity index (χ3n) is 2.93. The monoisotopic (exact) mass is 263 g/mol. The summed E-state index contributed by atoms with van der Waals surface area (Å²) in [7, 11) is 0. The van der Waals surface area contributed by atoms with Gasteiger partial charge in [-0.15, -0.1) is 0 Å². The van der Waals surface area contributed by atoms with Crippen LogP contribution in [0.1, 0.15) is 25.5 Å². The topological polar surface area (TPSA) is 29.9 Å². The normalized spacial score (nSPS) is 14.4. The molecule has 2 unspecified atom stereocenters. The third kappa shape index (κ3) is 3.59. The Balaban J connectivity index is 1.92. The molecule has 0 bridgehead atoms. The number of nitrogens with one attached hydrogen (secondary N) is 1. The molecule has 1 aromatic heterocycles. The molecular formula is C14H18ClN3. The second kappa shape index (κ2) is 6.03. The highest BCUT2D eigenvalue weighted by Gasteiger charge is 2.10. The van der Waals surface area contributed by atoms with Gasteiger partial charge in [-0.05, 0) is 31.5 Å². The van der Waals surface area contributed by atoms with E-state index in [1.807, 2.05) is 30.7 Å². The lowest BCUT2D eigenvalue weighted by Crippen LogP contribution is -2.32. The quantitative estimate of drug-likeness (QED) is 0.897. The van der Waals surface area contributed by atoms with Crippen LogP contribution in [0.3, 0.4) is 0 Å². The Morgan fingerprint density at radius 3 is 2.89 bits per heavy atom. The Morgan fingerprint density at radius 2 is 2.22 bits per heavy atom. The average molecular weight is 264 g/mol. The summed E-state index contributed by atoms with van der Waals surface area (Å²) in [5.74, 6) is 0. The summed E-state index contributed by atoms with van der Waals surface area (Å²) in [5.41, 5.74) is 1.21. The van der Waals surface area contributed by atoms with Crippen molar-refractivity contribution in [3.8, 4) is 0 Å². The first-order valence-electron chi connectivity index (χ1n) is 6.12. The minimum atomic E-state index is 0.280. The molecule has 3 nitrogen and oxygen atoms in total. The summed E-state index contributed by atoms with van der Waals surface area (Å²) in [6, 6.07) is 8.62. The van der Waals surface area contributed by atoms with Gasteiger partial charge in [0.25, 0.3) is 0 Å². The van der Waals surface area contributed by atoms with Crippen LogP contribution in [0.4, 0.5) is 0 Å². The van der Waals surface area contributed by atoms with Crippen molar-refractivity contribution in [2.75, 3.05) is 0 Å². The van der Waals surface area contributed by atoms with E-state index < -0.39 is 0 Å². The third-order valence-corrected chi connectivity index (χ3v) is 3.16. The summed E-state index contributed by atoms with van der Waals surface area (Å²) < 4.78 is 2.07. The Morgan fingerprint density at radius 1 is 1.39 bits per heavy atom. The van der Waals surface area contributed by atoms with Gasteiger partial charge in [-0.3, -0.25) is 0 Å². The molecule has 0 saturated carbocycles. The Kier molecular flexibility index (Phi) is 4.39. The Labute approximate surface area is 113 Å².